The average molecular weight is 339 g/mol. The number of hydrogen-bond donors (Lipinski definition) is 2. The largest absolute Gasteiger partial charge is 0.494 e. The molecule has 8 heteroatoms. The normalized spacial score (nSPS) is 11.1. The molecule has 2 rings (SSSR count). The Kier molecular flexibility index (Phi) is 4.55. The molecule has 0 bridgehead atoms. The molecule has 2 N–H and O–H groups in total. The summed E-state index contributed by atoms with van der Waals surface area (Å²) in [4.78, 5) is 10.7. The smallest absolute Gasteiger partial charge is 0.335 e. The molecule has 0 radical (unpaired) electrons. The first-order valence-electron chi connectivity index (χ1n) is 6.45. The number of hydrogen-bond acceptors (Lipinski definition) is 4. The van der Waals surface area contributed by atoms with E-state index in [4.69, 9.17) is 9.84 Å². The molecule has 6 nitrogen and oxygen atoms in total. The van der Waals surface area contributed by atoms with E-state index in [1.807, 2.05) is 0 Å². The molecule has 23 heavy (non-hydrogen) atoms. The minimum atomic E-state index is -4.06. The third-order valence-electron chi connectivity index (χ3n) is 3.16. The third-order valence-corrected chi connectivity index (χ3v) is 4.53. The van der Waals surface area contributed by atoms with Crippen LogP contribution in [0.5, 0.6) is 5.75 Å². The van der Waals surface area contributed by atoms with E-state index in [0.717, 1.165) is 6.07 Å². The molecule has 0 aliphatic rings. The summed E-state index contributed by atoms with van der Waals surface area (Å²) < 4.78 is 45.3. The van der Waals surface area contributed by atoms with Gasteiger partial charge in [-0.3, -0.25) is 4.72 Å². The van der Waals surface area contributed by atoms with Gasteiger partial charge >= 0.3 is 5.97 Å². The van der Waals surface area contributed by atoms with Crippen LogP contribution in [0.2, 0.25) is 0 Å². The lowest BCUT2D eigenvalue weighted by atomic mass is 10.1. The van der Waals surface area contributed by atoms with Crippen molar-refractivity contribution in [2.45, 2.75) is 11.8 Å². The fraction of sp³-hybridized carbons (Fsp3) is 0.133. The van der Waals surface area contributed by atoms with E-state index in [0.29, 0.717) is 5.56 Å². The van der Waals surface area contributed by atoms with E-state index in [-0.39, 0.29) is 21.9 Å². The Morgan fingerprint density at radius 2 is 1.91 bits per heavy atom. The van der Waals surface area contributed by atoms with Crippen LogP contribution in [-0.2, 0) is 10.0 Å². The van der Waals surface area contributed by atoms with Crippen molar-refractivity contribution in [3.63, 3.8) is 0 Å². The Morgan fingerprint density at radius 1 is 1.22 bits per heavy atom. The molecule has 0 aliphatic heterocycles. The van der Waals surface area contributed by atoms with Crippen molar-refractivity contribution < 1.29 is 27.4 Å². The quantitative estimate of drug-likeness (QED) is 0.873. The molecule has 2 aromatic carbocycles. The topological polar surface area (TPSA) is 92.7 Å². The van der Waals surface area contributed by atoms with E-state index in [2.05, 4.69) is 4.72 Å². The Balaban J connectivity index is 2.40. The molecule has 122 valence electrons. The molecule has 0 fully saturated rings. The number of carboxylic acids is 1. The van der Waals surface area contributed by atoms with Gasteiger partial charge in [0.15, 0.2) is 11.6 Å². The van der Waals surface area contributed by atoms with Crippen molar-refractivity contribution in [3.8, 4) is 5.75 Å². The summed E-state index contributed by atoms with van der Waals surface area (Å²) in [6.07, 6.45) is 0. The first-order chi connectivity index (χ1) is 10.7. The predicted molar refractivity (Wildman–Crippen MR) is 81.9 cm³/mol. The lowest BCUT2D eigenvalue weighted by Gasteiger charge is -2.12. The predicted octanol–water partition coefficient (Wildman–Crippen LogP) is 2.64. The van der Waals surface area contributed by atoms with Crippen LogP contribution < -0.4 is 9.46 Å². The second-order valence-corrected chi connectivity index (χ2v) is 6.42. The number of ether oxygens (including phenoxy) is 1. The van der Waals surface area contributed by atoms with Crippen LogP contribution in [0.1, 0.15) is 15.9 Å². The van der Waals surface area contributed by atoms with Crippen LogP contribution in [0.25, 0.3) is 0 Å². The monoisotopic (exact) mass is 339 g/mol. The van der Waals surface area contributed by atoms with Gasteiger partial charge in [0, 0.05) is 0 Å². The van der Waals surface area contributed by atoms with Crippen LogP contribution in [0, 0.1) is 12.7 Å². The maximum Gasteiger partial charge on any atom is 0.335 e. The number of carboxylic acid groups (broad SMARTS) is 1. The highest BCUT2D eigenvalue weighted by Crippen LogP contribution is 2.24. The van der Waals surface area contributed by atoms with Gasteiger partial charge < -0.3 is 9.84 Å². The molecule has 0 aromatic heterocycles. The number of carbonyl (C=O) groups is 1. The fourth-order valence-electron chi connectivity index (χ4n) is 1.88. The van der Waals surface area contributed by atoms with E-state index in [1.54, 1.807) is 6.92 Å². The highest BCUT2D eigenvalue weighted by molar-refractivity contribution is 7.92. The van der Waals surface area contributed by atoms with Crippen molar-refractivity contribution in [1.29, 1.82) is 0 Å². The molecule has 0 saturated carbocycles. The van der Waals surface area contributed by atoms with Crippen LogP contribution in [0.15, 0.2) is 41.3 Å². The Bertz CT molecular complexity index is 864. The van der Waals surface area contributed by atoms with Crippen molar-refractivity contribution in [2.24, 2.45) is 0 Å². The van der Waals surface area contributed by atoms with Gasteiger partial charge in [0.25, 0.3) is 10.0 Å². The van der Waals surface area contributed by atoms with Crippen molar-refractivity contribution in [2.75, 3.05) is 11.8 Å². The standard InChI is InChI=1S/C15H14FNO5S/c1-9-3-4-10(15(18)19)7-13(9)17-23(20,21)11-5-6-14(22-2)12(16)8-11/h3-8,17H,1-2H3,(H,18,19). The second kappa shape index (κ2) is 6.25. The minimum absolute atomic E-state index is 0.0609. The number of methoxy groups -OCH3 is 1. The molecular weight excluding hydrogens is 325 g/mol. The number of sulfonamides is 1. The third kappa shape index (κ3) is 3.59. The Labute approximate surface area is 132 Å². The van der Waals surface area contributed by atoms with Gasteiger partial charge in [-0.15, -0.1) is 0 Å². The average Bonchev–Trinajstić information content (AvgIpc) is 2.49. The van der Waals surface area contributed by atoms with Crippen LogP contribution in [0.3, 0.4) is 0 Å². The number of aryl methyl sites for hydroxylation is 1. The number of nitrogens with one attached hydrogen (secondary N) is 1. The summed E-state index contributed by atoms with van der Waals surface area (Å²) in [6, 6.07) is 7.27. The number of anilines is 1. The van der Waals surface area contributed by atoms with E-state index in [9.17, 15) is 17.6 Å². The zero-order valence-corrected chi connectivity index (χ0v) is 13.1. The highest BCUT2D eigenvalue weighted by atomic mass is 32.2. The van der Waals surface area contributed by atoms with Gasteiger partial charge in [0.05, 0.1) is 23.3 Å². The summed E-state index contributed by atoms with van der Waals surface area (Å²) in [5, 5.41) is 8.97. The van der Waals surface area contributed by atoms with E-state index in [1.165, 1.54) is 37.4 Å². The Morgan fingerprint density at radius 3 is 2.48 bits per heavy atom. The molecule has 0 spiro atoms. The summed E-state index contributed by atoms with van der Waals surface area (Å²) in [5.74, 6) is -2.07. The highest BCUT2D eigenvalue weighted by Gasteiger charge is 2.18. The molecule has 0 atom stereocenters. The van der Waals surface area contributed by atoms with Crippen molar-refractivity contribution >= 4 is 21.7 Å². The molecule has 0 saturated heterocycles. The summed E-state index contributed by atoms with van der Waals surface area (Å²) in [7, 11) is -2.79. The first-order valence-corrected chi connectivity index (χ1v) is 7.93. The molecule has 0 aliphatic carbocycles. The summed E-state index contributed by atoms with van der Waals surface area (Å²) in [5.41, 5.74) is 0.586. The summed E-state index contributed by atoms with van der Waals surface area (Å²) in [6.45, 7) is 1.62. The zero-order chi connectivity index (χ0) is 17.2. The molecule has 0 amide bonds. The van der Waals surface area contributed by atoms with Gasteiger partial charge in [-0.2, -0.15) is 0 Å². The fourth-order valence-corrected chi connectivity index (χ4v) is 3.02. The number of halogens is 1. The Hall–Kier alpha value is -2.61. The lowest BCUT2D eigenvalue weighted by Crippen LogP contribution is -2.14. The molecule has 0 unspecified atom stereocenters. The maximum absolute atomic E-state index is 13.7. The number of benzene rings is 2. The zero-order valence-electron chi connectivity index (χ0n) is 12.3. The molecule has 0 heterocycles. The maximum atomic E-state index is 13.7. The van der Waals surface area contributed by atoms with Gasteiger partial charge in [-0.05, 0) is 42.8 Å². The number of aromatic carboxylic acids is 1. The second-order valence-electron chi connectivity index (χ2n) is 4.74. The van der Waals surface area contributed by atoms with Gasteiger partial charge in [0.2, 0.25) is 0 Å². The van der Waals surface area contributed by atoms with Crippen LogP contribution in [0.4, 0.5) is 10.1 Å². The first kappa shape index (κ1) is 16.8. The molecular formula is C15H14FNO5S. The van der Waals surface area contributed by atoms with Gasteiger partial charge in [0.1, 0.15) is 0 Å². The number of rotatable bonds is 5. The van der Waals surface area contributed by atoms with Gasteiger partial charge in [-0.1, -0.05) is 6.07 Å². The van der Waals surface area contributed by atoms with Crippen LogP contribution in [-0.4, -0.2) is 26.6 Å². The SMILES string of the molecule is COc1ccc(S(=O)(=O)Nc2cc(C(=O)O)ccc2C)cc1F. The lowest BCUT2D eigenvalue weighted by molar-refractivity contribution is 0.0697. The van der Waals surface area contributed by atoms with E-state index >= 15 is 0 Å². The van der Waals surface area contributed by atoms with Crippen molar-refractivity contribution in [3.05, 3.63) is 53.3 Å². The minimum Gasteiger partial charge on any atom is -0.494 e. The summed E-state index contributed by atoms with van der Waals surface area (Å²) >= 11 is 0. The molecule has 2 aromatic rings. The van der Waals surface area contributed by atoms with Gasteiger partial charge in [-0.25, -0.2) is 17.6 Å². The van der Waals surface area contributed by atoms with Crippen molar-refractivity contribution in [1.82, 2.24) is 0 Å². The van der Waals surface area contributed by atoms with Crippen LogP contribution >= 0.6 is 0 Å². The van der Waals surface area contributed by atoms with E-state index < -0.39 is 21.8 Å².